The van der Waals surface area contributed by atoms with Crippen molar-refractivity contribution in [2.24, 2.45) is 16.7 Å². The van der Waals surface area contributed by atoms with Gasteiger partial charge in [-0.15, -0.1) is 8.58 Å². The van der Waals surface area contributed by atoms with E-state index in [1.807, 2.05) is 0 Å². The van der Waals surface area contributed by atoms with Crippen LogP contribution in [0.5, 0.6) is 0 Å². The van der Waals surface area contributed by atoms with Crippen LogP contribution >= 0.6 is 8.58 Å². The normalized spacial score (nSPS) is 32.1. The van der Waals surface area contributed by atoms with E-state index >= 15 is 0 Å². The van der Waals surface area contributed by atoms with Gasteiger partial charge in [0.1, 0.15) is 0 Å². The predicted molar refractivity (Wildman–Crippen MR) is 68.6 cm³/mol. The van der Waals surface area contributed by atoms with Crippen molar-refractivity contribution in [2.45, 2.75) is 60.0 Å². The van der Waals surface area contributed by atoms with Crippen LogP contribution in [0.15, 0.2) is 0 Å². The lowest BCUT2D eigenvalue weighted by molar-refractivity contribution is 0.157. The van der Waals surface area contributed by atoms with Gasteiger partial charge in [0.05, 0.1) is 0 Å². The predicted octanol–water partition coefficient (Wildman–Crippen LogP) is 4.54. The van der Waals surface area contributed by atoms with Crippen molar-refractivity contribution in [1.82, 2.24) is 0 Å². The molecule has 1 aliphatic heterocycles. The van der Waals surface area contributed by atoms with Crippen molar-refractivity contribution in [3.05, 3.63) is 0 Å². The van der Waals surface area contributed by atoms with Crippen LogP contribution in [0.25, 0.3) is 0 Å². The van der Waals surface area contributed by atoms with Gasteiger partial charge < -0.3 is 0 Å². The summed E-state index contributed by atoms with van der Waals surface area (Å²) in [7, 11) is 1.20. The fourth-order valence-electron chi connectivity index (χ4n) is 2.73. The van der Waals surface area contributed by atoms with E-state index in [1.54, 1.807) is 0 Å². The quantitative estimate of drug-likeness (QED) is 0.519. The van der Waals surface area contributed by atoms with E-state index in [1.165, 1.54) is 27.6 Å². The van der Waals surface area contributed by atoms with E-state index in [0.717, 1.165) is 11.6 Å². The van der Waals surface area contributed by atoms with E-state index < -0.39 is 0 Å². The Kier molecular flexibility index (Phi) is 3.68. The molecule has 0 aromatic heterocycles. The van der Waals surface area contributed by atoms with Crippen molar-refractivity contribution in [3.8, 4) is 0 Å². The number of rotatable bonds is 0. The molecule has 0 spiro atoms. The Morgan fingerprint density at radius 1 is 0.929 bits per heavy atom. The summed E-state index contributed by atoms with van der Waals surface area (Å²) in [5, 5.41) is 0. The molecule has 1 saturated heterocycles. The summed E-state index contributed by atoms with van der Waals surface area (Å²) in [4.78, 5) is 0. The molecule has 3 atom stereocenters. The Morgan fingerprint density at radius 2 is 1.50 bits per heavy atom. The Labute approximate surface area is 92.0 Å². The first-order valence-electron chi connectivity index (χ1n) is 5.96. The van der Waals surface area contributed by atoms with E-state index in [0.29, 0.717) is 10.8 Å². The van der Waals surface area contributed by atoms with Crippen LogP contribution in [-0.4, -0.2) is 11.8 Å². The molecule has 0 bridgehead atoms. The second-order valence-electron chi connectivity index (χ2n) is 6.91. The molecular formula is C13H27P. The topological polar surface area (TPSA) is 0 Å². The summed E-state index contributed by atoms with van der Waals surface area (Å²) in [5.74, 6) is 0.939. The van der Waals surface area contributed by atoms with Crippen molar-refractivity contribution in [3.63, 3.8) is 0 Å². The van der Waals surface area contributed by atoms with Crippen molar-refractivity contribution < 1.29 is 0 Å². The van der Waals surface area contributed by atoms with Crippen LogP contribution < -0.4 is 0 Å². The van der Waals surface area contributed by atoms with Gasteiger partial charge in [-0.05, 0) is 41.4 Å². The average molecular weight is 214 g/mol. The van der Waals surface area contributed by atoms with E-state index in [2.05, 4.69) is 41.5 Å². The van der Waals surface area contributed by atoms with E-state index in [9.17, 15) is 0 Å². The summed E-state index contributed by atoms with van der Waals surface area (Å²) >= 11 is 0. The maximum absolute atomic E-state index is 2.43. The molecule has 0 aromatic carbocycles. The Morgan fingerprint density at radius 3 is 1.86 bits per heavy atom. The molecule has 0 radical (unpaired) electrons. The summed E-state index contributed by atoms with van der Waals surface area (Å²) in [6.07, 6.45) is 4.40. The number of hydrogen-bond donors (Lipinski definition) is 0. The minimum Gasteiger partial charge on any atom is -0.118 e. The molecule has 1 heteroatoms. The second kappa shape index (κ2) is 4.12. The Bertz CT molecular complexity index is 160. The highest BCUT2D eigenvalue weighted by Crippen LogP contribution is 2.51. The molecule has 0 amide bonds. The lowest BCUT2D eigenvalue weighted by Gasteiger charge is -2.46. The summed E-state index contributed by atoms with van der Waals surface area (Å²) in [6.45, 7) is 14.5. The van der Waals surface area contributed by atoms with Gasteiger partial charge in [-0.1, -0.05) is 41.5 Å². The smallest absolute Gasteiger partial charge is 0.0155 e. The zero-order chi connectivity index (χ0) is 11.0. The van der Waals surface area contributed by atoms with Gasteiger partial charge in [0, 0.05) is 0 Å². The standard InChI is InChI=1S/C13H27P/c1-12(2,3)10-8-7-9-14-11(10)13(4,5)6/h10-11,14H,7-9H2,1-6H3. The van der Waals surface area contributed by atoms with Gasteiger partial charge in [0.2, 0.25) is 0 Å². The zero-order valence-electron chi connectivity index (χ0n) is 10.8. The molecular weight excluding hydrogens is 187 g/mol. The van der Waals surface area contributed by atoms with Crippen LogP contribution in [0.4, 0.5) is 0 Å². The fraction of sp³-hybridized carbons (Fsp3) is 1.00. The molecule has 1 rings (SSSR count). The van der Waals surface area contributed by atoms with Gasteiger partial charge >= 0.3 is 0 Å². The van der Waals surface area contributed by atoms with Crippen molar-refractivity contribution >= 4 is 8.58 Å². The molecule has 0 N–H and O–H groups in total. The molecule has 1 fully saturated rings. The summed E-state index contributed by atoms with van der Waals surface area (Å²) in [5.41, 5.74) is 1.97. The third kappa shape index (κ3) is 2.96. The summed E-state index contributed by atoms with van der Waals surface area (Å²) < 4.78 is 0. The van der Waals surface area contributed by atoms with Crippen LogP contribution in [-0.2, 0) is 0 Å². The molecule has 0 saturated carbocycles. The van der Waals surface area contributed by atoms with Crippen molar-refractivity contribution in [1.29, 1.82) is 0 Å². The molecule has 1 aliphatic rings. The largest absolute Gasteiger partial charge is 0.118 e. The van der Waals surface area contributed by atoms with E-state index in [4.69, 9.17) is 0 Å². The SMILES string of the molecule is CC(C)(C)C1CCCPC1C(C)(C)C. The van der Waals surface area contributed by atoms with Gasteiger partial charge in [-0.25, -0.2) is 0 Å². The molecule has 3 unspecified atom stereocenters. The third-order valence-corrected chi connectivity index (χ3v) is 5.85. The van der Waals surface area contributed by atoms with Crippen LogP contribution in [0.1, 0.15) is 54.4 Å². The minimum atomic E-state index is 0.505. The highest BCUT2D eigenvalue weighted by molar-refractivity contribution is 7.39. The van der Waals surface area contributed by atoms with Gasteiger partial charge in [0.25, 0.3) is 0 Å². The monoisotopic (exact) mass is 214 g/mol. The molecule has 0 aromatic rings. The first-order valence-corrected chi connectivity index (χ1v) is 7.25. The van der Waals surface area contributed by atoms with Gasteiger partial charge in [-0.2, -0.15) is 0 Å². The van der Waals surface area contributed by atoms with Gasteiger partial charge in [-0.3, -0.25) is 0 Å². The van der Waals surface area contributed by atoms with Crippen LogP contribution in [0.3, 0.4) is 0 Å². The molecule has 1 heterocycles. The van der Waals surface area contributed by atoms with E-state index in [-0.39, 0.29) is 0 Å². The first kappa shape index (κ1) is 12.5. The lowest BCUT2D eigenvalue weighted by Crippen LogP contribution is -2.40. The highest BCUT2D eigenvalue weighted by atomic mass is 31.1. The second-order valence-corrected chi connectivity index (χ2v) is 8.44. The molecule has 84 valence electrons. The maximum atomic E-state index is 2.43. The van der Waals surface area contributed by atoms with Crippen LogP contribution in [0.2, 0.25) is 0 Å². The lowest BCUT2D eigenvalue weighted by atomic mass is 9.69. The van der Waals surface area contributed by atoms with Crippen LogP contribution in [0, 0.1) is 16.7 Å². The molecule has 0 aliphatic carbocycles. The molecule has 0 nitrogen and oxygen atoms in total. The fourth-order valence-corrected chi connectivity index (χ4v) is 5.01. The van der Waals surface area contributed by atoms with Crippen molar-refractivity contribution in [2.75, 3.05) is 6.16 Å². The molecule has 14 heavy (non-hydrogen) atoms. The summed E-state index contributed by atoms with van der Waals surface area (Å²) in [6, 6.07) is 0. The zero-order valence-corrected chi connectivity index (χ0v) is 11.8. The van der Waals surface area contributed by atoms with Gasteiger partial charge in [0.15, 0.2) is 0 Å². The first-order chi connectivity index (χ1) is 6.23. The third-order valence-electron chi connectivity index (χ3n) is 3.50. The number of hydrogen-bond acceptors (Lipinski definition) is 0. The Balaban J connectivity index is 2.80. The Hall–Kier alpha value is 0.430. The highest BCUT2D eigenvalue weighted by Gasteiger charge is 2.39. The average Bonchev–Trinajstić information content (AvgIpc) is 2.01. The minimum absolute atomic E-state index is 0.505. The maximum Gasteiger partial charge on any atom is -0.0155 e.